The van der Waals surface area contributed by atoms with E-state index in [1.54, 1.807) is 0 Å². The number of quaternary nitrogens is 1. The van der Waals surface area contributed by atoms with E-state index in [1.807, 2.05) is 39.4 Å². The fraction of sp³-hybridized carbons (Fsp3) is 0.593. The van der Waals surface area contributed by atoms with Gasteiger partial charge in [-0.15, -0.1) is 0 Å². The van der Waals surface area contributed by atoms with Crippen molar-refractivity contribution >= 4 is 19.8 Å². The lowest BCUT2D eigenvalue weighted by atomic mass is 10.1. The zero-order valence-electron chi connectivity index (χ0n) is 40.7. The van der Waals surface area contributed by atoms with Crippen molar-refractivity contribution in [2.24, 2.45) is 0 Å². The number of phosphoric ester groups is 1. The molecule has 0 N–H and O–H groups in total. The molecule has 0 aliphatic carbocycles. The summed E-state index contributed by atoms with van der Waals surface area (Å²) in [5.74, 6) is -1.01. The van der Waals surface area contributed by atoms with Crippen molar-refractivity contribution in [2.75, 3.05) is 47.5 Å². The normalized spacial score (nSPS) is 14.5. The summed E-state index contributed by atoms with van der Waals surface area (Å²) in [5.41, 5.74) is 0. The smallest absolute Gasteiger partial charge is 0.306 e. The summed E-state index contributed by atoms with van der Waals surface area (Å²) in [6, 6.07) is 0. The molecule has 362 valence electrons. The van der Waals surface area contributed by atoms with Crippen molar-refractivity contribution < 1.29 is 42.1 Å². The van der Waals surface area contributed by atoms with Crippen molar-refractivity contribution in [2.45, 2.75) is 161 Å². The number of nitrogens with zero attached hydrogens (tertiary/aromatic N) is 1. The number of ether oxygens (including phenoxy) is 2. The molecule has 9 nitrogen and oxygen atoms in total. The first-order valence-electron chi connectivity index (χ1n) is 24.2. The Balaban J connectivity index is 4.54. The van der Waals surface area contributed by atoms with Gasteiger partial charge in [0.05, 0.1) is 27.7 Å². The van der Waals surface area contributed by atoms with Gasteiger partial charge in [-0.2, -0.15) is 0 Å². The van der Waals surface area contributed by atoms with Gasteiger partial charge in [0.1, 0.15) is 19.8 Å². The summed E-state index contributed by atoms with van der Waals surface area (Å²) >= 11 is 0. The molecule has 0 heterocycles. The number of esters is 2. The highest BCUT2D eigenvalue weighted by molar-refractivity contribution is 7.45. The van der Waals surface area contributed by atoms with Crippen LogP contribution in [0.1, 0.15) is 155 Å². The van der Waals surface area contributed by atoms with Gasteiger partial charge in [0.15, 0.2) is 6.10 Å². The predicted molar refractivity (Wildman–Crippen MR) is 268 cm³/mol. The molecule has 0 fully saturated rings. The van der Waals surface area contributed by atoms with E-state index in [9.17, 15) is 19.0 Å². The van der Waals surface area contributed by atoms with E-state index >= 15 is 0 Å². The SMILES string of the molecule is CC/C=C/C/C=C/C/C=C/C/C=C/C/C=C/C/C=C/CCC(=O)O[C@H](COC(=O)CCC/C=C/C/C=C/C/C=C/C/C=C/CCCCCCCCC)COP(=O)([O-])OCC[N+](C)(C)C. The van der Waals surface area contributed by atoms with E-state index in [1.165, 1.54) is 51.4 Å². The molecule has 0 amide bonds. The van der Waals surface area contributed by atoms with Crippen LogP contribution in [0.15, 0.2) is 122 Å². The van der Waals surface area contributed by atoms with Gasteiger partial charge in [-0.25, -0.2) is 0 Å². The molecule has 0 aliphatic rings. The Kier molecular flexibility index (Phi) is 42.1. The Bertz CT molecular complexity index is 1490. The second kappa shape index (κ2) is 44.6. The van der Waals surface area contributed by atoms with Crippen LogP contribution in [-0.2, 0) is 32.7 Å². The third kappa shape index (κ3) is 47.9. The highest BCUT2D eigenvalue weighted by Crippen LogP contribution is 2.38. The summed E-state index contributed by atoms with van der Waals surface area (Å²) in [7, 11) is 1.07. The van der Waals surface area contributed by atoms with Crippen molar-refractivity contribution in [3.8, 4) is 0 Å². The molecule has 64 heavy (non-hydrogen) atoms. The number of hydrogen-bond acceptors (Lipinski definition) is 8. The maximum absolute atomic E-state index is 12.7. The first-order valence-corrected chi connectivity index (χ1v) is 25.7. The number of likely N-dealkylation sites (N-methyl/N-ethyl adjacent to an activating group) is 1. The number of carbonyl (C=O) groups excluding carboxylic acids is 2. The fourth-order valence-electron chi connectivity index (χ4n) is 5.73. The Morgan fingerprint density at radius 2 is 0.922 bits per heavy atom. The van der Waals surface area contributed by atoms with Crippen LogP contribution >= 0.6 is 7.82 Å². The quantitative estimate of drug-likeness (QED) is 0.0196. The van der Waals surface area contributed by atoms with Gasteiger partial charge in [0.25, 0.3) is 7.82 Å². The van der Waals surface area contributed by atoms with Crippen LogP contribution in [0.25, 0.3) is 0 Å². The Morgan fingerprint density at radius 1 is 0.500 bits per heavy atom. The number of hydrogen-bond donors (Lipinski definition) is 0. The minimum Gasteiger partial charge on any atom is -0.756 e. The number of phosphoric acid groups is 1. The van der Waals surface area contributed by atoms with Gasteiger partial charge in [-0.05, 0) is 89.9 Å². The summed E-state index contributed by atoms with van der Waals surface area (Å²) < 4.78 is 33.8. The van der Waals surface area contributed by atoms with E-state index in [0.717, 1.165) is 57.8 Å². The molecule has 0 aromatic carbocycles. The summed E-state index contributed by atoms with van der Waals surface area (Å²) in [5, 5.41) is 0. The lowest BCUT2D eigenvalue weighted by Gasteiger charge is -2.28. The molecule has 0 saturated heterocycles. The van der Waals surface area contributed by atoms with E-state index in [0.29, 0.717) is 30.3 Å². The Morgan fingerprint density at radius 3 is 1.39 bits per heavy atom. The van der Waals surface area contributed by atoms with E-state index in [4.69, 9.17) is 18.5 Å². The van der Waals surface area contributed by atoms with Gasteiger partial charge in [-0.3, -0.25) is 14.2 Å². The molecular weight excluding hydrogens is 822 g/mol. The molecule has 0 bridgehead atoms. The van der Waals surface area contributed by atoms with E-state index < -0.39 is 32.5 Å². The first kappa shape index (κ1) is 60.4. The molecular formula is C54H88NO8P. The zero-order chi connectivity index (χ0) is 47.1. The molecule has 0 aromatic rings. The van der Waals surface area contributed by atoms with E-state index in [-0.39, 0.29) is 26.1 Å². The second-order valence-corrected chi connectivity index (χ2v) is 18.1. The molecule has 0 radical (unpaired) electrons. The molecule has 2 atom stereocenters. The van der Waals surface area contributed by atoms with Crippen LogP contribution in [0.5, 0.6) is 0 Å². The Hall–Kier alpha value is -3.59. The molecule has 0 spiro atoms. The average Bonchev–Trinajstić information content (AvgIpc) is 3.25. The van der Waals surface area contributed by atoms with Gasteiger partial charge in [0, 0.05) is 12.8 Å². The van der Waals surface area contributed by atoms with Gasteiger partial charge in [-0.1, -0.05) is 174 Å². The van der Waals surface area contributed by atoms with Crippen molar-refractivity contribution in [3.63, 3.8) is 0 Å². The highest BCUT2D eigenvalue weighted by Gasteiger charge is 2.21. The predicted octanol–water partition coefficient (Wildman–Crippen LogP) is 13.8. The third-order valence-corrected chi connectivity index (χ3v) is 10.4. The van der Waals surface area contributed by atoms with Gasteiger partial charge >= 0.3 is 11.9 Å². The summed E-state index contributed by atoms with van der Waals surface area (Å²) in [4.78, 5) is 37.6. The summed E-state index contributed by atoms with van der Waals surface area (Å²) in [6.07, 6.45) is 62.6. The number of allylic oxidation sites excluding steroid dienone is 20. The van der Waals surface area contributed by atoms with Crippen LogP contribution < -0.4 is 4.89 Å². The monoisotopic (exact) mass is 910 g/mol. The molecule has 0 rings (SSSR count). The molecule has 10 heteroatoms. The topological polar surface area (TPSA) is 111 Å². The van der Waals surface area contributed by atoms with Crippen LogP contribution in [0.4, 0.5) is 0 Å². The van der Waals surface area contributed by atoms with E-state index in [2.05, 4.69) is 117 Å². The fourth-order valence-corrected chi connectivity index (χ4v) is 6.46. The first-order chi connectivity index (χ1) is 31.0. The molecule has 0 aliphatic heterocycles. The Labute approximate surface area is 390 Å². The van der Waals surface area contributed by atoms with Crippen LogP contribution in [0.3, 0.4) is 0 Å². The second-order valence-electron chi connectivity index (χ2n) is 16.7. The standard InChI is InChI=1S/C54H88NO8P/c1-6-8-10-12-14-16-18-20-22-24-26-27-29-30-32-34-36-38-40-42-44-46-53(56)60-50-52(51-62-64(58,59)61-49-48-55(3,4)5)63-54(57)47-45-43-41-39-37-35-33-31-28-25-23-21-19-17-15-13-11-9-7-2/h9,11,15,17,21-24,27-29,31-32,34-35,37-38,40-41,43,52H,6-8,10,12-14,16,18-20,25-26,30,33,36,39,42,44-51H2,1-5H3/b11-9+,17-15+,23-21+,24-22+,29-27+,31-28+,34-32+,37-35+,40-38+,43-41+/t52-/m1/s1. The molecule has 0 aromatic heterocycles. The van der Waals surface area contributed by atoms with Crippen molar-refractivity contribution in [1.29, 1.82) is 0 Å². The maximum Gasteiger partial charge on any atom is 0.306 e. The number of carbonyl (C=O) groups is 2. The largest absolute Gasteiger partial charge is 0.756 e. The maximum atomic E-state index is 12.7. The molecule has 1 unspecified atom stereocenters. The highest BCUT2D eigenvalue weighted by atomic mass is 31.2. The third-order valence-electron chi connectivity index (χ3n) is 9.48. The minimum atomic E-state index is -4.67. The number of rotatable bonds is 42. The van der Waals surface area contributed by atoms with Crippen LogP contribution in [0, 0.1) is 0 Å². The van der Waals surface area contributed by atoms with Crippen molar-refractivity contribution in [1.82, 2.24) is 0 Å². The number of unbranched alkanes of at least 4 members (excludes halogenated alkanes) is 8. The molecule has 0 saturated carbocycles. The lowest BCUT2D eigenvalue weighted by molar-refractivity contribution is -0.870. The summed E-state index contributed by atoms with van der Waals surface area (Å²) in [6.45, 7) is 3.93. The van der Waals surface area contributed by atoms with Gasteiger partial charge in [0.2, 0.25) is 0 Å². The zero-order valence-corrected chi connectivity index (χ0v) is 41.6. The average molecular weight is 910 g/mol. The van der Waals surface area contributed by atoms with Crippen LogP contribution in [0.2, 0.25) is 0 Å². The lowest BCUT2D eigenvalue weighted by Crippen LogP contribution is -2.37. The van der Waals surface area contributed by atoms with Crippen LogP contribution in [-0.4, -0.2) is 70.0 Å². The minimum absolute atomic E-state index is 0.0603. The van der Waals surface area contributed by atoms with Crippen molar-refractivity contribution in [3.05, 3.63) is 122 Å². The van der Waals surface area contributed by atoms with Gasteiger partial charge < -0.3 is 27.9 Å².